The van der Waals surface area contributed by atoms with Gasteiger partial charge < -0.3 is 56.2 Å². The van der Waals surface area contributed by atoms with E-state index >= 15 is 0 Å². The van der Waals surface area contributed by atoms with E-state index in [1.54, 1.807) is 0 Å². The summed E-state index contributed by atoms with van der Waals surface area (Å²) in [4.78, 5) is 14.9. The van der Waals surface area contributed by atoms with Crippen molar-refractivity contribution in [3.8, 4) is 0 Å². The molecule has 11 N–H and O–H groups in total. The summed E-state index contributed by atoms with van der Waals surface area (Å²) in [7, 11) is 0. The van der Waals surface area contributed by atoms with Crippen molar-refractivity contribution < 1.29 is 69.3 Å². The first-order valence-electron chi connectivity index (χ1n) is 12.6. The van der Waals surface area contributed by atoms with E-state index in [9.17, 15) is 59.1 Å². The third kappa shape index (κ3) is 9.25. The van der Waals surface area contributed by atoms with Crippen LogP contribution in [0.2, 0.25) is 0 Å². The van der Waals surface area contributed by atoms with Crippen molar-refractivity contribution in [2.24, 2.45) is 0 Å². The fraction of sp³-hybridized carbons (Fsp3) is 0.667. The van der Waals surface area contributed by atoms with Crippen LogP contribution < -0.4 is 0 Å². The van der Waals surface area contributed by atoms with Gasteiger partial charge in [0, 0.05) is 25.2 Å². The molecule has 0 fully saturated rings. The highest BCUT2D eigenvalue weighted by molar-refractivity contribution is 5.11. The van der Waals surface area contributed by atoms with Crippen molar-refractivity contribution in [2.45, 2.75) is 86.3 Å². The topological polar surface area (TPSA) is 274 Å². The van der Waals surface area contributed by atoms with E-state index in [1.165, 1.54) is 0 Å². The summed E-state index contributed by atoms with van der Waals surface area (Å²) in [6.07, 6.45) is -24.5. The number of hydrogen-bond donors (Lipinski definition) is 11. The van der Waals surface area contributed by atoms with Crippen LogP contribution in [0.15, 0.2) is 24.8 Å². The maximum Gasteiger partial charge on any atom is 0.172 e. The van der Waals surface area contributed by atoms with E-state index in [0.29, 0.717) is 0 Å². The summed E-state index contributed by atoms with van der Waals surface area (Å²) in [5.41, 5.74) is -1.41. The van der Waals surface area contributed by atoms with Crippen LogP contribution in [0.3, 0.4) is 0 Å². The van der Waals surface area contributed by atoms with E-state index in [-0.39, 0.29) is 17.8 Å². The minimum Gasteiger partial charge on any atom is -0.394 e. The number of rotatable bonds is 17. The predicted octanol–water partition coefficient (Wildman–Crippen LogP) is -4.36. The van der Waals surface area contributed by atoms with Crippen LogP contribution in [0, 0.1) is 0 Å². The van der Waals surface area contributed by atoms with Gasteiger partial charge in [-0.05, 0) is 0 Å². The number of aliphatic hydroxyl groups is 11. The highest BCUT2D eigenvalue weighted by atomic mass is 19.1. The Bertz CT molecular complexity index is 1020. The van der Waals surface area contributed by atoms with Crippen LogP contribution >= 0.6 is 0 Å². The van der Waals surface area contributed by atoms with Gasteiger partial charge in [-0.25, -0.2) is 13.2 Å². The van der Waals surface area contributed by atoms with Gasteiger partial charge in [0.15, 0.2) is 12.3 Å². The minimum atomic E-state index is -2.81. The van der Waals surface area contributed by atoms with Crippen molar-refractivity contribution in [3.05, 3.63) is 47.6 Å². The Morgan fingerprint density at radius 2 is 1.02 bits per heavy atom. The van der Waals surface area contributed by atoms with Gasteiger partial charge in [0.2, 0.25) is 0 Å². The van der Waals surface area contributed by atoms with Gasteiger partial charge in [0.1, 0.15) is 55.0 Å². The molecule has 0 aliphatic heterocycles. The van der Waals surface area contributed by atoms with E-state index in [4.69, 9.17) is 10.2 Å². The Morgan fingerprint density at radius 3 is 1.60 bits per heavy atom. The van der Waals surface area contributed by atoms with Crippen molar-refractivity contribution >= 4 is 0 Å². The molecule has 15 nitrogen and oxygen atoms in total. The monoisotopic (exact) mass is 612 g/mol. The van der Waals surface area contributed by atoms with Gasteiger partial charge in [-0.3, -0.25) is 19.9 Å². The average molecular weight is 613 g/mol. The molecule has 0 spiro atoms. The fourth-order valence-corrected chi connectivity index (χ4v) is 3.73. The lowest BCUT2D eigenvalue weighted by Gasteiger charge is -2.32. The average Bonchev–Trinajstić information content (AvgIpc) is 3.00. The summed E-state index contributed by atoms with van der Waals surface area (Å²) in [6, 6.07) is 0. The Balaban J connectivity index is 2.08. The molecule has 0 saturated carbocycles. The first-order chi connectivity index (χ1) is 19.7. The molecule has 4 unspecified atom stereocenters. The molecule has 12 atom stereocenters. The van der Waals surface area contributed by atoms with Gasteiger partial charge in [-0.1, -0.05) is 0 Å². The van der Waals surface area contributed by atoms with Gasteiger partial charge >= 0.3 is 0 Å². The van der Waals surface area contributed by atoms with E-state index in [0.717, 1.165) is 24.8 Å². The molecule has 0 amide bonds. The van der Waals surface area contributed by atoms with Gasteiger partial charge in [0.05, 0.1) is 54.5 Å². The molecule has 18 heteroatoms. The Morgan fingerprint density at radius 1 is 0.548 bits per heavy atom. The Kier molecular flexibility index (Phi) is 13.9. The summed E-state index contributed by atoms with van der Waals surface area (Å²) < 4.78 is 43.8. The zero-order chi connectivity index (χ0) is 31.7. The van der Waals surface area contributed by atoms with Crippen LogP contribution in [-0.2, 0) is 12.8 Å². The van der Waals surface area contributed by atoms with Crippen LogP contribution in [0.4, 0.5) is 13.2 Å². The molecule has 2 aromatic rings. The molecule has 0 radical (unpaired) electrons. The third-order valence-electron chi connectivity index (χ3n) is 6.38. The van der Waals surface area contributed by atoms with E-state index in [2.05, 4.69) is 19.9 Å². The largest absolute Gasteiger partial charge is 0.394 e. The first-order valence-corrected chi connectivity index (χ1v) is 12.6. The van der Waals surface area contributed by atoms with Crippen LogP contribution in [0.1, 0.15) is 35.1 Å². The van der Waals surface area contributed by atoms with Crippen LogP contribution in [-0.4, -0.2) is 150 Å². The zero-order valence-electron chi connectivity index (χ0n) is 21.9. The minimum absolute atomic E-state index is 0.0825. The number of hydrogen-bond acceptors (Lipinski definition) is 15. The Hall–Kier alpha value is -2.49. The number of aromatic nitrogens is 4. The van der Waals surface area contributed by atoms with Crippen molar-refractivity contribution in [3.63, 3.8) is 0 Å². The fourth-order valence-electron chi connectivity index (χ4n) is 3.73. The highest BCUT2D eigenvalue weighted by Crippen LogP contribution is 2.27. The molecule has 0 aliphatic rings. The predicted molar refractivity (Wildman–Crippen MR) is 132 cm³/mol. The molecule has 0 aliphatic carbocycles. The smallest absolute Gasteiger partial charge is 0.172 e. The second-order valence-corrected chi connectivity index (χ2v) is 9.61. The summed E-state index contributed by atoms with van der Waals surface area (Å²) in [6.45, 7) is -1.66. The lowest BCUT2D eigenvalue weighted by molar-refractivity contribution is -0.163. The molecule has 0 aromatic carbocycles. The maximum absolute atomic E-state index is 14.9. The lowest BCUT2D eigenvalue weighted by Crippen LogP contribution is -2.53. The third-order valence-corrected chi connectivity index (χ3v) is 6.38. The van der Waals surface area contributed by atoms with Crippen molar-refractivity contribution in [1.82, 2.24) is 19.9 Å². The standard InChI is InChI=1S/C24H35F3N4O11/c25-11(15(35)7-32)1-9-3-29-6-13(31-9)19(37)18(27)21(39)23(41)24(42)22(40)20(38)17(26)12-5-28-4-10(30-12)2-14(34)16(36)8-33/h3-6,11,14-24,32-42H,1-2,7-8H2/t11-,14-,15+,16+,17+,18?,19?,20-,21?,22+,23?,24+/m0/s1. The second-order valence-electron chi connectivity index (χ2n) is 9.61. The molecule has 0 bridgehead atoms. The van der Waals surface area contributed by atoms with Crippen LogP contribution in [0.25, 0.3) is 0 Å². The van der Waals surface area contributed by atoms with E-state index < -0.39 is 104 Å². The maximum atomic E-state index is 14.9. The molecular weight excluding hydrogens is 577 g/mol. The normalized spacial score (nSPS) is 20.8. The second kappa shape index (κ2) is 16.4. The number of aliphatic hydroxyl groups excluding tert-OH is 11. The molecule has 2 aromatic heterocycles. The summed E-state index contributed by atoms with van der Waals surface area (Å²) in [5, 5.41) is 108. The van der Waals surface area contributed by atoms with Gasteiger partial charge in [-0.15, -0.1) is 0 Å². The summed E-state index contributed by atoms with van der Waals surface area (Å²) in [5.74, 6) is 0. The Labute approximate surface area is 236 Å². The molecular formula is C24H35F3N4O11. The lowest BCUT2D eigenvalue weighted by atomic mass is 9.92. The molecule has 2 rings (SSSR count). The van der Waals surface area contributed by atoms with Gasteiger partial charge in [-0.2, -0.15) is 0 Å². The zero-order valence-corrected chi connectivity index (χ0v) is 21.9. The molecule has 0 saturated heterocycles. The van der Waals surface area contributed by atoms with E-state index in [1.807, 2.05) is 0 Å². The first kappa shape index (κ1) is 35.7. The van der Waals surface area contributed by atoms with Crippen LogP contribution in [0.5, 0.6) is 0 Å². The molecule has 2 heterocycles. The number of halogens is 3. The quantitative estimate of drug-likeness (QED) is 0.0805. The van der Waals surface area contributed by atoms with Crippen molar-refractivity contribution in [2.75, 3.05) is 13.2 Å². The summed E-state index contributed by atoms with van der Waals surface area (Å²) >= 11 is 0. The number of nitrogens with zero attached hydrogens (tertiary/aromatic N) is 4. The van der Waals surface area contributed by atoms with Crippen molar-refractivity contribution in [1.29, 1.82) is 0 Å². The van der Waals surface area contributed by atoms with Gasteiger partial charge in [0.25, 0.3) is 0 Å². The SMILES string of the molecule is OC[C@@H](O)[C@@H](O)Cc1cncc([C@@H](F)[C@H](O)[C@@H](O)[C@@H](O)C(O)C(O)C(F)C(O)c2cncc(C[C@H](F)[C@H](O)CO)n2)n1. The molecule has 238 valence electrons. The highest BCUT2D eigenvalue weighted by Gasteiger charge is 2.43. The number of alkyl halides is 3. The molecule has 42 heavy (non-hydrogen) atoms.